The van der Waals surface area contributed by atoms with Gasteiger partial charge >= 0.3 is 0 Å². The standard InChI is InChI=1S/C64H46N4/c1-43-21-25-49(26-22-43)66(53-33-35-63-59(42-53)56-18-10-11-19-61(56)67(63)51-27-23-44(2)24-28-51)50-29-31-52(32-30-50)68-62-20-12-9-17-55(62)57-34-36-60-58(64(57)68)37-38-65(60)54-40-47(45-13-5-3-6-14-45)39-48(41-54)46-15-7-4-8-16-46/h3-42H,1-2H3. The molecule has 0 unspecified atom stereocenters. The van der Waals surface area contributed by atoms with Crippen LogP contribution < -0.4 is 4.90 Å². The minimum absolute atomic E-state index is 1.09. The molecule has 0 aliphatic carbocycles. The van der Waals surface area contributed by atoms with Crippen LogP contribution in [0.15, 0.2) is 243 Å². The Morgan fingerprint density at radius 1 is 0.294 bits per heavy atom. The van der Waals surface area contributed by atoms with Gasteiger partial charge in [-0.3, -0.25) is 0 Å². The van der Waals surface area contributed by atoms with Gasteiger partial charge in [-0.1, -0.05) is 139 Å². The molecule has 4 heteroatoms. The van der Waals surface area contributed by atoms with Gasteiger partial charge in [0.2, 0.25) is 0 Å². The number of aromatic nitrogens is 3. The molecule has 0 saturated heterocycles. The number of hydrogen-bond acceptors (Lipinski definition) is 1. The average molecular weight is 871 g/mol. The zero-order valence-corrected chi connectivity index (χ0v) is 37.9. The van der Waals surface area contributed by atoms with Crippen molar-refractivity contribution in [1.82, 2.24) is 13.7 Å². The predicted molar refractivity (Wildman–Crippen MR) is 287 cm³/mol. The summed E-state index contributed by atoms with van der Waals surface area (Å²) in [6, 6.07) is 86.6. The molecule has 13 rings (SSSR count). The Morgan fingerprint density at radius 3 is 1.43 bits per heavy atom. The fraction of sp³-hybridized carbons (Fsp3) is 0.0312. The van der Waals surface area contributed by atoms with Crippen molar-refractivity contribution in [2.45, 2.75) is 13.8 Å². The molecule has 13 aromatic rings. The topological polar surface area (TPSA) is 18.0 Å². The Labute approximate surface area is 395 Å². The molecule has 322 valence electrons. The van der Waals surface area contributed by atoms with E-state index in [-0.39, 0.29) is 0 Å². The van der Waals surface area contributed by atoms with Gasteiger partial charge in [0.1, 0.15) is 0 Å². The zero-order valence-electron chi connectivity index (χ0n) is 37.9. The van der Waals surface area contributed by atoms with E-state index in [2.05, 4.69) is 275 Å². The molecule has 0 aliphatic heterocycles. The third-order valence-corrected chi connectivity index (χ3v) is 13.8. The summed E-state index contributed by atoms with van der Waals surface area (Å²) in [5.41, 5.74) is 19.9. The highest BCUT2D eigenvalue weighted by atomic mass is 15.1. The van der Waals surface area contributed by atoms with E-state index in [9.17, 15) is 0 Å². The van der Waals surface area contributed by atoms with Gasteiger partial charge in [0, 0.05) is 67.3 Å². The second-order valence-corrected chi connectivity index (χ2v) is 18.0. The van der Waals surface area contributed by atoms with Crippen LogP contribution in [0.5, 0.6) is 0 Å². The van der Waals surface area contributed by atoms with Crippen LogP contribution in [0.3, 0.4) is 0 Å². The Hall–Kier alpha value is -8.86. The molecule has 0 bridgehead atoms. The third-order valence-electron chi connectivity index (χ3n) is 13.8. The highest BCUT2D eigenvalue weighted by Gasteiger charge is 2.21. The van der Waals surface area contributed by atoms with Gasteiger partial charge in [-0.2, -0.15) is 0 Å². The normalized spacial score (nSPS) is 11.7. The van der Waals surface area contributed by atoms with Crippen molar-refractivity contribution in [1.29, 1.82) is 0 Å². The predicted octanol–water partition coefficient (Wildman–Crippen LogP) is 17.2. The lowest BCUT2D eigenvalue weighted by molar-refractivity contribution is 1.13. The minimum Gasteiger partial charge on any atom is -0.316 e. The summed E-state index contributed by atoms with van der Waals surface area (Å²) in [7, 11) is 0. The molecule has 0 amide bonds. The highest BCUT2D eigenvalue weighted by molar-refractivity contribution is 6.18. The molecule has 0 atom stereocenters. The summed E-state index contributed by atoms with van der Waals surface area (Å²) in [4.78, 5) is 2.39. The van der Waals surface area contributed by atoms with E-state index in [1.165, 1.54) is 82.4 Å². The molecule has 3 aromatic heterocycles. The molecule has 0 N–H and O–H groups in total. The van der Waals surface area contributed by atoms with Crippen molar-refractivity contribution < 1.29 is 0 Å². The maximum Gasteiger partial charge on any atom is 0.0635 e. The zero-order chi connectivity index (χ0) is 45.3. The summed E-state index contributed by atoms with van der Waals surface area (Å²) in [6.07, 6.45) is 2.24. The number of fused-ring (bicyclic) bond motifs is 8. The average Bonchev–Trinajstić information content (AvgIpc) is 4.08. The van der Waals surface area contributed by atoms with E-state index >= 15 is 0 Å². The minimum atomic E-state index is 1.09. The Morgan fingerprint density at radius 2 is 0.779 bits per heavy atom. The van der Waals surface area contributed by atoms with Crippen molar-refractivity contribution in [2.24, 2.45) is 0 Å². The first kappa shape index (κ1) is 39.5. The van der Waals surface area contributed by atoms with Crippen molar-refractivity contribution in [3.63, 3.8) is 0 Å². The summed E-state index contributed by atoms with van der Waals surface area (Å²) < 4.78 is 7.20. The molecule has 10 aromatic carbocycles. The SMILES string of the molecule is Cc1ccc(N(c2ccc(-n3c4ccccc4c4ccc5c(ccn5-c5cc(-c6ccccc6)cc(-c6ccccc6)c5)c43)cc2)c2ccc3c(c2)c2ccccc2n3-c2ccc(C)cc2)cc1. The lowest BCUT2D eigenvalue weighted by atomic mass is 9.98. The first-order chi connectivity index (χ1) is 33.5. The van der Waals surface area contributed by atoms with Gasteiger partial charge in [0.15, 0.2) is 0 Å². The van der Waals surface area contributed by atoms with Gasteiger partial charge in [0.05, 0.1) is 27.6 Å². The van der Waals surface area contributed by atoms with Gasteiger partial charge in [-0.15, -0.1) is 0 Å². The van der Waals surface area contributed by atoms with Crippen LogP contribution in [0.2, 0.25) is 0 Å². The Balaban J connectivity index is 0.957. The monoisotopic (exact) mass is 870 g/mol. The van der Waals surface area contributed by atoms with Gasteiger partial charge in [0.25, 0.3) is 0 Å². The number of anilines is 3. The molecule has 0 spiro atoms. The van der Waals surface area contributed by atoms with E-state index in [0.717, 1.165) is 39.6 Å². The van der Waals surface area contributed by atoms with Gasteiger partial charge in [-0.25, -0.2) is 0 Å². The van der Waals surface area contributed by atoms with Crippen molar-refractivity contribution in [3.05, 3.63) is 254 Å². The number of aryl methyl sites for hydroxylation is 2. The van der Waals surface area contributed by atoms with Crippen molar-refractivity contribution in [3.8, 4) is 39.3 Å². The summed E-state index contributed by atoms with van der Waals surface area (Å²) in [5, 5.41) is 6.12. The molecule has 68 heavy (non-hydrogen) atoms. The molecule has 0 aliphatic rings. The maximum atomic E-state index is 2.46. The van der Waals surface area contributed by atoms with Crippen LogP contribution in [0.25, 0.3) is 93.8 Å². The van der Waals surface area contributed by atoms with Crippen LogP contribution in [-0.4, -0.2) is 13.7 Å². The number of rotatable bonds is 8. The Kier molecular flexibility index (Phi) is 9.26. The van der Waals surface area contributed by atoms with Gasteiger partial charge < -0.3 is 18.6 Å². The molecular formula is C64H46N4. The largest absolute Gasteiger partial charge is 0.316 e. The number of benzene rings is 10. The fourth-order valence-electron chi connectivity index (χ4n) is 10.5. The molecule has 0 fully saturated rings. The van der Waals surface area contributed by atoms with E-state index in [1.54, 1.807) is 0 Å². The van der Waals surface area contributed by atoms with Crippen LogP contribution in [0, 0.1) is 13.8 Å². The maximum absolute atomic E-state index is 2.46. The third kappa shape index (κ3) is 6.52. The smallest absolute Gasteiger partial charge is 0.0635 e. The lowest BCUT2D eigenvalue weighted by Crippen LogP contribution is -2.10. The first-order valence-electron chi connectivity index (χ1n) is 23.4. The highest BCUT2D eigenvalue weighted by Crippen LogP contribution is 2.42. The van der Waals surface area contributed by atoms with Crippen LogP contribution >= 0.6 is 0 Å². The van der Waals surface area contributed by atoms with Crippen LogP contribution in [0.4, 0.5) is 17.1 Å². The Bertz CT molecular complexity index is 3950. The van der Waals surface area contributed by atoms with E-state index in [1.807, 2.05) is 0 Å². The van der Waals surface area contributed by atoms with Crippen LogP contribution in [-0.2, 0) is 0 Å². The number of para-hydroxylation sites is 2. The molecular weight excluding hydrogens is 825 g/mol. The molecule has 0 radical (unpaired) electrons. The summed E-state index contributed by atoms with van der Waals surface area (Å²) in [5.74, 6) is 0. The summed E-state index contributed by atoms with van der Waals surface area (Å²) in [6.45, 7) is 4.29. The lowest BCUT2D eigenvalue weighted by Gasteiger charge is -2.26. The number of hydrogen-bond donors (Lipinski definition) is 0. The second-order valence-electron chi connectivity index (χ2n) is 18.0. The second kappa shape index (κ2) is 15.9. The van der Waals surface area contributed by atoms with Crippen molar-refractivity contribution >= 4 is 71.6 Å². The molecule has 4 nitrogen and oxygen atoms in total. The van der Waals surface area contributed by atoms with Crippen molar-refractivity contribution in [2.75, 3.05) is 4.90 Å². The summed E-state index contributed by atoms with van der Waals surface area (Å²) >= 11 is 0. The molecule has 0 saturated carbocycles. The quantitative estimate of drug-likeness (QED) is 0.149. The first-order valence-corrected chi connectivity index (χ1v) is 23.4. The van der Waals surface area contributed by atoms with E-state index in [0.29, 0.717) is 0 Å². The van der Waals surface area contributed by atoms with E-state index < -0.39 is 0 Å². The number of nitrogens with zero attached hydrogens (tertiary/aromatic N) is 4. The fourth-order valence-corrected chi connectivity index (χ4v) is 10.5. The van der Waals surface area contributed by atoms with Gasteiger partial charge in [-0.05, 0) is 145 Å². The van der Waals surface area contributed by atoms with Crippen LogP contribution in [0.1, 0.15) is 11.1 Å². The van der Waals surface area contributed by atoms with E-state index in [4.69, 9.17) is 0 Å². The molecule has 3 heterocycles.